The zero-order valence-electron chi connectivity index (χ0n) is 10.5. The van der Waals surface area contributed by atoms with E-state index in [1.165, 1.54) is 6.20 Å². The van der Waals surface area contributed by atoms with Gasteiger partial charge in [0.1, 0.15) is 6.04 Å². The zero-order chi connectivity index (χ0) is 13.9. The van der Waals surface area contributed by atoms with E-state index < -0.39 is 16.1 Å². The van der Waals surface area contributed by atoms with Gasteiger partial charge >= 0.3 is 0 Å². The van der Waals surface area contributed by atoms with Crippen molar-refractivity contribution in [1.82, 2.24) is 15.0 Å². The fraction of sp³-hybridized carbons (Fsp3) is 0.455. The van der Waals surface area contributed by atoms with Crippen molar-refractivity contribution in [1.29, 1.82) is 0 Å². The van der Waals surface area contributed by atoms with Crippen LogP contribution in [-0.4, -0.2) is 38.9 Å². The van der Waals surface area contributed by atoms with E-state index in [1.807, 2.05) is 0 Å². The monoisotopic (exact) mass is 284 g/mol. The first kappa shape index (κ1) is 13.8. The molecule has 0 bridgehead atoms. The van der Waals surface area contributed by atoms with Crippen molar-refractivity contribution in [3.05, 3.63) is 18.3 Å². The van der Waals surface area contributed by atoms with Crippen LogP contribution in [0, 0.1) is 0 Å². The van der Waals surface area contributed by atoms with Gasteiger partial charge < -0.3 is 10.6 Å². The molecule has 1 saturated heterocycles. The van der Waals surface area contributed by atoms with Crippen molar-refractivity contribution in [3.63, 3.8) is 0 Å². The van der Waals surface area contributed by atoms with Crippen LogP contribution in [0.25, 0.3) is 0 Å². The first-order chi connectivity index (χ1) is 9.04. The average Bonchev–Trinajstić information content (AvgIpc) is 2.41. The van der Waals surface area contributed by atoms with E-state index in [0.29, 0.717) is 18.7 Å². The SMILES string of the molecule is CNc1cccnc1S(=O)(=O)NC1CCCNC1=O. The van der Waals surface area contributed by atoms with Crippen LogP contribution in [0.1, 0.15) is 12.8 Å². The van der Waals surface area contributed by atoms with Gasteiger partial charge in [0.25, 0.3) is 10.0 Å². The molecule has 1 aliphatic heterocycles. The Kier molecular flexibility index (Phi) is 4.01. The number of carbonyl (C=O) groups is 1. The molecule has 3 N–H and O–H groups in total. The summed E-state index contributed by atoms with van der Waals surface area (Å²) in [5.41, 5.74) is 0.395. The third-order valence-corrected chi connectivity index (χ3v) is 4.31. The Morgan fingerprint density at radius 3 is 2.95 bits per heavy atom. The van der Waals surface area contributed by atoms with E-state index >= 15 is 0 Å². The second-order valence-corrected chi connectivity index (χ2v) is 5.84. The molecule has 0 saturated carbocycles. The van der Waals surface area contributed by atoms with E-state index in [0.717, 1.165) is 6.42 Å². The standard InChI is InChI=1S/C11H16N4O3S/c1-12-9-5-3-7-14-11(9)19(17,18)15-8-4-2-6-13-10(8)16/h3,5,7-8,12,15H,2,4,6H2,1H3,(H,13,16). The lowest BCUT2D eigenvalue weighted by atomic mass is 10.1. The normalized spacial score (nSPS) is 19.8. The van der Waals surface area contributed by atoms with Crippen molar-refractivity contribution in [2.24, 2.45) is 0 Å². The van der Waals surface area contributed by atoms with Crippen LogP contribution in [0.3, 0.4) is 0 Å². The van der Waals surface area contributed by atoms with Gasteiger partial charge in [-0.05, 0) is 25.0 Å². The predicted molar refractivity (Wildman–Crippen MR) is 70.1 cm³/mol. The Morgan fingerprint density at radius 2 is 2.26 bits per heavy atom. The fourth-order valence-corrected chi connectivity index (χ4v) is 3.29. The Bertz CT molecular complexity index is 573. The summed E-state index contributed by atoms with van der Waals surface area (Å²) < 4.78 is 26.9. The van der Waals surface area contributed by atoms with E-state index in [4.69, 9.17) is 0 Å². The van der Waals surface area contributed by atoms with Gasteiger partial charge in [-0.2, -0.15) is 4.72 Å². The van der Waals surface area contributed by atoms with Crippen LogP contribution in [0.2, 0.25) is 0 Å². The number of nitrogens with zero attached hydrogens (tertiary/aromatic N) is 1. The summed E-state index contributed by atoms with van der Waals surface area (Å²) >= 11 is 0. The Morgan fingerprint density at radius 1 is 1.47 bits per heavy atom. The Balaban J connectivity index is 2.24. The number of hydrogen-bond donors (Lipinski definition) is 3. The first-order valence-corrected chi connectivity index (χ1v) is 7.46. The molecule has 0 aliphatic carbocycles. The summed E-state index contributed by atoms with van der Waals surface area (Å²) in [7, 11) is -2.21. The first-order valence-electron chi connectivity index (χ1n) is 5.97. The summed E-state index contributed by atoms with van der Waals surface area (Å²) in [6.45, 7) is 0.586. The van der Waals surface area contributed by atoms with Crippen molar-refractivity contribution < 1.29 is 13.2 Å². The lowest BCUT2D eigenvalue weighted by Gasteiger charge is -2.22. The van der Waals surface area contributed by atoms with Gasteiger partial charge in [0, 0.05) is 19.8 Å². The molecule has 1 aliphatic rings. The van der Waals surface area contributed by atoms with Gasteiger partial charge in [0.15, 0.2) is 5.03 Å². The molecule has 0 radical (unpaired) electrons. The minimum Gasteiger partial charge on any atom is -0.386 e. The maximum Gasteiger partial charge on any atom is 0.260 e. The molecule has 1 unspecified atom stereocenters. The number of anilines is 1. The molecule has 1 aromatic heterocycles. The predicted octanol–water partition coefficient (Wildman–Crippen LogP) is -0.320. The molecule has 1 atom stereocenters. The number of carbonyl (C=O) groups excluding carboxylic acids is 1. The Hall–Kier alpha value is -1.67. The third-order valence-electron chi connectivity index (χ3n) is 2.88. The van der Waals surface area contributed by atoms with Crippen molar-refractivity contribution >= 4 is 21.6 Å². The average molecular weight is 284 g/mol. The van der Waals surface area contributed by atoms with Crippen LogP contribution < -0.4 is 15.4 Å². The molecule has 2 heterocycles. The molecule has 8 heteroatoms. The quantitative estimate of drug-likeness (QED) is 0.703. The van der Waals surface area contributed by atoms with Crippen LogP contribution in [-0.2, 0) is 14.8 Å². The maximum absolute atomic E-state index is 12.2. The van der Waals surface area contributed by atoms with E-state index in [1.54, 1.807) is 19.2 Å². The van der Waals surface area contributed by atoms with Crippen LogP contribution in [0.5, 0.6) is 0 Å². The van der Waals surface area contributed by atoms with Crippen LogP contribution >= 0.6 is 0 Å². The number of hydrogen-bond acceptors (Lipinski definition) is 5. The lowest BCUT2D eigenvalue weighted by Crippen LogP contribution is -2.50. The number of aromatic nitrogens is 1. The van der Waals surface area contributed by atoms with Gasteiger partial charge in [0.05, 0.1) is 5.69 Å². The molecule has 2 rings (SSSR count). The molecular formula is C11H16N4O3S. The highest BCUT2D eigenvalue weighted by Gasteiger charge is 2.29. The molecule has 7 nitrogen and oxygen atoms in total. The molecule has 19 heavy (non-hydrogen) atoms. The van der Waals surface area contributed by atoms with Crippen molar-refractivity contribution in [2.75, 3.05) is 18.9 Å². The highest BCUT2D eigenvalue weighted by molar-refractivity contribution is 7.89. The van der Waals surface area contributed by atoms with E-state index in [2.05, 4.69) is 20.3 Å². The molecule has 1 fully saturated rings. The molecule has 1 amide bonds. The zero-order valence-corrected chi connectivity index (χ0v) is 11.3. The van der Waals surface area contributed by atoms with Gasteiger partial charge in [-0.25, -0.2) is 13.4 Å². The second-order valence-electron chi connectivity index (χ2n) is 4.21. The van der Waals surface area contributed by atoms with Crippen molar-refractivity contribution in [2.45, 2.75) is 23.9 Å². The number of pyridine rings is 1. The van der Waals surface area contributed by atoms with Gasteiger partial charge in [-0.1, -0.05) is 0 Å². The fourth-order valence-electron chi connectivity index (χ4n) is 1.92. The largest absolute Gasteiger partial charge is 0.386 e. The molecule has 0 spiro atoms. The van der Waals surface area contributed by atoms with Crippen LogP contribution in [0.4, 0.5) is 5.69 Å². The summed E-state index contributed by atoms with van der Waals surface area (Å²) in [5, 5.41) is 5.30. The highest BCUT2D eigenvalue weighted by Crippen LogP contribution is 2.18. The van der Waals surface area contributed by atoms with Gasteiger partial charge in [-0.15, -0.1) is 0 Å². The Labute approximate surface area is 111 Å². The minimum atomic E-state index is -3.82. The minimum absolute atomic E-state index is 0.101. The number of amides is 1. The van der Waals surface area contributed by atoms with E-state index in [-0.39, 0.29) is 10.9 Å². The maximum atomic E-state index is 12.2. The molecular weight excluding hydrogens is 268 g/mol. The van der Waals surface area contributed by atoms with Crippen molar-refractivity contribution in [3.8, 4) is 0 Å². The summed E-state index contributed by atoms with van der Waals surface area (Å²) in [6.07, 6.45) is 2.64. The summed E-state index contributed by atoms with van der Waals surface area (Å²) in [4.78, 5) is 15.5. The van der Waals surface area contributed by atoms with Gasteiger partial charge in [0.2, 0.25) is 5.91 Å². The van der Waals surface area contributed by atoms with Gasteiger partial charge in [-0.3, -0.25) is 4.79 Å². The number of rotatable bonds is 4. The third kappa shape index (κ3) is 3.02. The molecule has 0 aromatic carbocycles. The second kappa shape index (κ2) is 5.54. The lowest BCUT2D eigenvalue weighted by molar-refractivity contribution is -0.124. The number of piperidine rings is 1. The topological polar surface area (TPSA) is 100 Å². The van der Waals surface area contributed by atoms with Crippen LogP contribution in [0.15, 0.2) is 23.4 Å². The smallest absolute Gasteiger partial charge is 0.260 e. The highest BCUT2D eigenvalue weighted by atomic mass is 32.2. The molecule has 104 valence electrons. The summed E-state index contributed by atoms with van der Waals surface area (Å²) in [5.74, 6) is -0.295. The molecule has 1 aromatic rings. The van der Waals surface area contributed by atoms with E-state index in [9.17, 15) is 13.2 Å². The summed E-state index contributed by atoms with van der Waals surface area (Å²) in [6, 6.07) is 2.52. The number of nitrogens with one attached hydrogen (secondary N) is 3. The number of sulfonamides is 1.